The summed E-state index contributed by atoms with van der Waals surface area (Å²) in [6.45, 7) is 9.78. The third-order valence-electron chi connectivity index (χ3n) is 4.78. The van der Waals surface area contributed by atoms with Gasteiger partial charge >= 0.3 is 0 Å². The Kier molecular flexibility index (Phi) is 5.32. The molecule has 0 atom stereocenters. The van der Waals surface area contributed by atoms with Crippen molar-refractivity contribution in [3.05, 3.63) is 52.2 Å². The van der Waals surface area contributed by atoms with Crippen LogP contribution in [-0.2, 0) is 0 Å². The SMILES string of the molecule is CCN(CCNc1ccc(C)c2sc3ccccc3c(=O)c12)C(C)(C)O. The van der Waals surface area contributed by atoms with Crippen LogP contribution in [0, 0.1) is 6.92 Å². The molecule has 2 N–H and O–H groups in total. The molecular formula is C21H26N2O2S. The molecule has 0 aliphatic rings. The van der Waals surface area contributed by atoms with E-state index in [4.69, 9.17) is 0 Å². The molecule has 3 rings (SSSR count). The highest BCUT2D eigenvalue weighted by Gasteiger charge is 2.21. The van der Waals surface area contributed by atoms with Gasteiger partial charge in [-0.2, -0.15) is 0 Å². The number of nitrogens with one attached hydrogen (secondary N) is 1. The highest BCUT2D eigenvalue weighted by atomic mass is 32.1. The van der Waals surface area contributed by atoms with Gasteiger partial charge in [0.1, 0.15) is 5.72 Å². The van der Waals surface area contributed by atoms with Crippen molar-refractivity contribution in [2.24, 2.45) is 0 Å². The number of aryl methyl sites for hydroxylation is 1. The Bertz CT molecular complexity index is 989. The Hall–Kier alpha value is -1.95. The average Bonchev–Trinajstić information content (AvgIpc) is 2.60. The first-order valence-electron chi connectivity index (χ1n) is 8.99. The summed E-state index contributed by atoms with van der Waals surface area (Å²) < 4.78 is 2.05. The van der Waals surface area contributed by atoms with E-state index in [1.54, 1.807) is 25.2 Å². The van der Waals surface area contributed by atoms with Gasteiger partial charge in [0.2, 0.25) is 0 Å². The number of aliphatic hydroxyl groups is 1. The second kappa shape index (κ2) is 7.35. The standard InChI is InChI=1S/C21H26N2O2S/c1-5-23(21(3,4)25)13-12-22-16-11-10-14(2)20-18(16)19(24)15-8-6-7-9-17(15)26-20/h6-11,22,25H,5,12-13H2,1-4H3. The number of hydrogen-bond donors (Lipinski definition) is 2. The first kappa shape index (κ1) is 18.8. The molecule has 0 saturated carbocycles. The van der Waals surface area contributed by atoms with Crippen LogP contribution in [0.3, 0.4) is 0 Å². The molecule has 0 saturated heterocycles. The minimum Gasteiger partial charge on any atom is -0.383 e. The summed E-state index contributed by atoms with van der Waals surface area (Å²) in [5, 5.41) is 15.1. The molecule has 4 nitrogen and oxygen atoms in total. The van der Waals surface area contributed by atoms with Gasteiger partial charge in [-0.3, -0.25) is 9.69 Å². The third-order valence-corrected chi connectivity index (χ3v) is 6.08. The number of likely N-dealkylation sites (N-methyl/N-ethyl adjacent to an activating group) is 1. The van der Waals surface area contributed by atoms with Crippen LogP contribution in [0.5, 0.6) is 0 Å². The normalized spacial score (nSPS) is 12.2. The predicted molar refractivity (Wildman–Crippen MR) is 112 cm³/mol. The van der Waals surface area contributed by atoms with Crippen molar-refractivity contribution in [1.82, 2.24) is 4.90 Å². The molecule has 0 bridgehead atoms. The second-order valence-corrected chi connectivity index (χ2v) is 8.11. The molecular weight excluding hydrogens is 344 g/mol. The predicted octanol–water partition coefficient (Wildman–Crippen LogP) is 4.19. The number of fused-ring (bicyclic) bond motifs is 2. The zero-order valence-electron chi connectivity index (χ0n) is 15.8. The summed E-state index contributed by atoms with van der Waals surface area (Å²) in [7, 11) is 0. The first-order chi connectivity index (χ1) is 12.3. The van der Waals surface area contributed by atoms with E-state index in [2.05, 4.69) is 11.4 Å². The number of benzene rings is 2. The topological polar surface area (TPSA) is 52.6 Å². The molecule has 0 fully saturated rings. The molecule has 5 heteroatoms. The van der Waals surface area contributed by atoms with E-state index >= 15 is 0 Å². The van der Waals surface area contributed by atoms with Crippen LogP contribution in [0.2, 0.25) is 0 Å². The average molecular weight is 371 g/mol. The van der Waals surface area contributed by atoms with Crippen molar-refractivity contribution >= 4 is 37.2 Å². The highest BCUT2D eigenvalue weighted by molar-refractivity contribution is 7.24. The largest absolute Gasteiger partial charge is 0.383 e. The summed E-state index contributed by atoms with van der Waals surface area (Å²) in [6, 6.07) is 11.8. The molecule has 26 heavy (non-hydrogen) atoms. The maximum Gasteiger partial charge on any atom is 0.197 e. The Morgan fingerprint density at radius 2 is 1.92 bits per heavy atom. The molecule has 2 aromatic carbocycles. The van der Waals surface area contributed by atoms with Crippen molar-refractivity contribution in [2.75, 3.05) is 25.0 Å². The van der Waals surface area contributed by atoms with Crippen molar-refractivity contribution in [3.8, 4) is 0 Å². The summed E-state index contributed by atoms with van der Waals surface area (Å²) in [4.78, 5) is 15.1. The molecule has 0 amide bonds. The van der Waals surface area contributed by atoms with E-state index in [1.165, 1.54) is 0 Å². The molecule has 1 heterocycles. The number of anilines is 1. The van der Waals surface area contributed by atoms with Gasteiger partial charge in [-0.05, 0) is 51.1 Å². The molecule has 0 unspecified atom stereocenters. The molecule has 0 spiro atoms. The lowest BCUT2D eigenvalue weighted by atomic mass is 10.1. The Balaban J connectivity index is 1.98. The van der Waals surface area contributed by atoms with Crippen LogP contribution in [0.15, 0.2) is 41.2 Å². The fourth-order valence-electron chi connectivity index (χ4n) is 3.32. The summed E-state index contributed by atoms with van der Waals surface area (Å²) in [5.74, 6) is 0. The lowest BCUT2D eigenvalue weighted by molar-refractivity contribution is -0.0732. The van der Waals surface area contributed by atoms with Gasteiger partial charge in [0.15, 0.2) is 5.43 Å². The summed E-state index contributed by atoms with van der Waals surface area (Å²) in [6.07, 6.45) is 0. The molecule has 0 radical (unpaired) electrons. The van der Waals surface area contributed by atoms with Crippen LogP contribution in [-0.4, -0.2) is 35.4 Å². The van der Waals surface area contributed by atoms with E-state index in [1.807, 2.05) is 49.1 Å². The molecule has 3 aromatic rings. The van der Waals surface area contributed by atoms with E-state index in [9.17, 15) is 9.90 Å². The molecule has 1 aromatic heterocycles. The van der Waals surface area contributed by atoms with Gasteiger partial charge in [0.05, 0.1) is 5.39 Å². The Morgan fingerprint density at radius 1 is 1.19 bits per heavy atom. The van der Waals surface area contributed by atoms with E-state index in [-0.39, 0.29) is 5.43 Å². The number of nitrogens with zero attached hydrogens (tertiary/aromatic N) is 1. The van der Waals surface area contributed by atoms with Crippen LogP contribution >= 0.6 is 11.3 Å². The van der Waals surface area contributed by atoms with Crippen LogP contribution in [0.1, 0.15) is 26.3 Å². The fraction of sp³-hybridized carbons (Fsp3) is 0.381. The van der Waals surface area contributed by atoms with Gasteiger partial charge in [-0.25, -0.2) is 0 Å². The smallest absolute Gasteiger partial charge is 0.197 e. The second-order valence-electron chi connectivity index (χ2n) is 7.06. The van der Waals surface area contributed by atoms with Crippen molar-refractivity contribution in [2.45, 2.75) is 33.4 Å². The van der Waals surface area contributed by atoms with Crippen LogP contribution in [0.25, 0.3) is 20.2 Å². The van der Waals surface area contributed by atoms with Gasteiger partial charge < -0.3 is 10.4 Å². The van der Waals surface area contributed by atoms with Gasteiger partial charge in [0, 0.05) is 33.6 Å². The van der Waals surface area contributed by atoms with E-state index in [0.29, 0.717) is 13.1 Å². The number of rotatable bonds is 6. The third kappa shape index (κ3) is 3.61. The van der Waals surface area contributed by atoms with Crippen molar-refractivity contribution in [3.63, 3.8) is 0 Å². The lowest BCUT2D eigenvalue weighted by Crippen LogP contribution is -2.45. The van der Waals surface area contributed by atoms with E-state index < -0.39 is 5.72 Å². The van der Waals surface area contributed by atoms with Crippen molar-refractivity contribution in [1.29, 1.82) is 0 Å². The lowest BCUT2D eigenvalue weighted by Gasteiger charge is -2.33. The van der Waals surface area contributed by atoms with Crippen LogP contribution in [0.4, 0.5) is 5.69 Å². The van der Waals surface area contributed by atoms with E-state index in [0.717, 1.165) is 38.0 Å². The van der Waals surface area contributed by atoms with Crippen molar-refractivity contribution < 1.29 is 5.11 Å². The zero-order valence-corrected chi connectivity index (χ0v) is 16.6. The van der Waals surface area contributed by atoms with Gasteiger partial charge in [-0.15, -0.1) is 11.3 Å². The quantitative estimate of drug-likeness (QED) is 0.505. The monoisotopic (exact) mass is 370 g/mol. The summed E-state index contributed by atoms with van der Waals surface area (Å²) >= 11 is 1.66. The van der Waals surface area contributed by atoms with Gasteiger partial charge in [-0.1, -0.05) is 25.1 Å². The number of hydrogen-bond acceptors (Lipinski definition) is 5. The molecule has 0 aliphatic heterocycles. The Labute approximate surface area is 158 Å². The highest BCUT2D eigenvalue weighted by Crippen LogP contribution is 2.31. The Morgan fingerprint density at radius 3 is 2.62 bits per heavy atom. The minimum absolute atomic E-state index is 0.0791. The molecule has 138 valence electrons. The fourth-order valence-corrected chi connectivity index (χ4v) is 4.49. The summed E-state index contributed by atoms with van der Waals surface area (Å²) in [5.41, 5.74) is 1.21. The minimum atomic E-state index is -0.853. The maximum absolute atomic E-state index is 13.1. The molecule has 0 aliphatic carbocycles. The van der Waals surface area contributed by atoms with Crippen LogP contribution < -0.4 is 10.7 Å². The zero-order chi connectivity index (χ0) is 18.9. The first-order valence-corrected chi connectivity index (χ1v) is 9.81. The van der Waals surface area contributed by atoms with Gasteiger partial charge in [0.25, 0.3) is 0 Å². The maximum atomic E-state index is 13.1.